The molecule has 0 aliphatic heterocycles. The average molecular weight is 407 g/mol. The standard InChI is InChI=1S/C20H26N2O5S/c1-6-22(28(5,24)25)17-10-7-15(8-11-17)20(23)21-14(2)16-9-12-18(26-3)19(13-16)27-4/h7-14H,6H2,1-5H3,(H,21,23)/t14-/m0/s1. The number of hydrogen-bond donors (Lipinski definition) is 1. The van der Waals surface area contributed by atoms with Crippen molar-refractivity contribution in [3.63, 3.8) is 0 Å². The maximum absolute atomic E-state index is 12.6. The van der Waals surface area contributed by atoms with Gasteiger partial charge in [-0.1, -0.05) is 6.07 Å². The van der Waals surface area contributed by atoms with E-state index in [4.69, 9.17) is 9.47 Å². The summed E-state index contributed by atoms with van der Waals surface area (Å²) < 4.78 is 35.4. The Labute approximate surface area is 166 Å². The summed E-state index contributed by atoms with van der Waals surface area (Å²) in [6.45, 7) is 3.95. The minimum absolute atomic E-state index is 0.253. The fourth-order valence-electron chi connectivity index (χ4n) is 2.87. The summed E-state index contributed by atoms with van der Waals surface area (Å²) in [6.07, 6.45) is 1.15. The van der Waals surface area contributed by atoms with E-state index in [1.807, 2.05) is 19.1 Å². The molecule has 0 aromatic heterocycles. The lowest BCUT2D eigenvalue weighted by molar-refractivity contribution is 0.0940. The number of benzene rings is 2. The van der Waals surface area contributed by atoms with Crippen LogP contribution in [0.5, 0.6) is 11.5 Å². The van der Waals surface area contributed by atoms with E-state index in [2.05, 4.69) is 5.32 Å². The molecule has 8 heteroatoms. The van der Waals surface area contributed by atoms with Gasteiger partial charge in [-0.05, 0) is 55.8 Å². The van der Waals surface area contributed by atoms with E-state index in [-0.39, 0.29) is 11.9 Å². The summed E-state index contributed by atoms with van der Waals surface area (Å²) in [5.74, 6) is 0.953. The number of hydrogen-bond acceptors (Lipinski definition) is 5. The molecule has 0 saturated carbocycles. The lowest BCUT2D eigenvalue weighted by Crippen LogP contribution is -2.29. The van der Waals surface area contributed by atoms with E-state index < -0.39 is 10.0 Å². The van der Waals surface area contributed by atoms with E-state index in [9.17, 15) is 13.2 Å². The van der Waals surface area contributed by atoms with Gasteiger partial charge in [0.2, 0.25) is 10.0 Å². The number of sulfonamides is 1. The molecular formula is C20H26N2O5S. The van der Waals surface area contributed by atoms with E-state index >= 15 is 0 Å². The van der Waals surface area contributed by atoms with E-state index in [1.54, 1.807) is 51.5 Å². The molecule has 2 aromatic carbocycles. The minimum atomic E-state index is -3.36. The molecule has 0 saturated heterocycles. The van der Waals surface area contributed by atoms with Gasteiger partial charge in [0.05, 0.1) is 32.2 Å². The number of anilines is 1. The molecule has 1 N–H and O–H groups in total. The zero-order valence-electron chi connectivity index (χ0n) is 16.7. The van der Waals surface area contributed by atoms with Gasteiger partial charge in [-0.25, -0.2) is 8.42 Å². The summed E-state index contributed by atoms with van der Waals surface area (Å²) in [5, 5.41) is 2.93. The van der Waals surface area contributed by atoms with Crippen LogP contribution in [0.4, 0.5) is 5.69 Å². The smallest absolute Gasteiger partial charge is 0.251 e. The van der Waals surface area contributed by atoms with Crippen molar-refractivity contribution in [2.75, 3.05) is 31.3 Å². The first-order valence-corrected chi connectivity index (χ1v) is 10.7. The lowest BCUT2D eigenvalue weighted by Gasteiger charge is -2.21. The van der Waals surface area contributed by atoms with Crippen LogP contribution in [0.15, 0.2) is 42.5 Å². The van der Waals surface area contributed by atoms with Crippen molar-refractivity contribution in [2.45, 2.75) is 19.9 Å². The highest BCUT2D eigenvalue weighted by Crippen LogP contribution is 2.30. The Hall–Kier alpha value is -2.74. The molecule has 0 aliphatic rings. The van der Waals surface area contributed by atoms with E-state index in [0.29, 0.717) is 29.3 Å². The molecule has 0 spiro atoms. The third-order valence-corrected chi connectivity index (χ3v) is 5.63. The first kappa shape index (κ1) is 21.6. The van der Waals surface area contributed by atoms with Gasteiger partial charge >= 0.3 is 0 Å². The summed E-state index contributed by atoms with van der Waals surface area (Å²) in [4.78, 5) is 12.6. The van der Waals surface area contributed by atoms with Crippen molar-refractivity contribution in [1.82, 2.24) is 5.32 Å². The summed E-state index contributed by atoms with van der Waals surface area (Å²) in [7, 11) is -0.235. The summed E-state index contributed by atoms with van der Waals surface area (Å²) in [6, 6.07) is 11.7. The number of amides is 1. The Morgan fingerprint density at radius 1 is 1.07 bits per heavy atom. The van der Waals surface area contributed by atoms with Crippen molar-refractivity contribution in [2.24, 2.45) is 0 Å². The van der Waals surface area contributed by atoms with E-state index in [0.717, 1.165) is 11.8 Å². The Balaban J connectivity index is 2.14. The molecule has 2 rings (SSSR count). The molecule has 1 atom stereocenters. The van der Waals surface area contributed by atoms with Crippen LogP contribution < -0.4 is 19.1 Å². The predicted octanol–water partition coefficient (Wildman–Crippen LogP) is 2.98. The lowest BCUT2D eigenvalue weighted by atomic mass is 10.1. The third kappa shape index (κ3) is 4.95. The van der Waals surface area contributed by atoms with Crippen molar-refractivity contribution in [3.05, 3.63) is 53.6 Å². The van der Waals surface area contributed by atoms with Crippen LogP contribution in [-0.4, -0.2) is 41.3 Å². The SMILES string of the molecule is CCN(c1ccc(C(=O)N[C@@H](C)c2ccc(OC)c(OC)c2)cc1)S(C)(=O)=O. The minimum Gasteiger partial charge on any atom is -0.493 e. The van der Waals surface area contributed by atoms with E-state index in [1.165, 1.54) is 4.31 Å². The quantitative estimate of drug-likeness (QED) is 0.728. The van der Waals surface area contributed by atoms with Gasteiger partial charge in [0.1, 0.15) is 0 Å². The average Bonchev–Trinajstić information content (AvgIpc) is 2.67. The first-order valence-electron chi connectivity index (χ1n) is 8.81. The van der Waals surface area contributed by atoms with Gasteiger partial charge in [-0.15, -0.1) is 0 Å². The monoisotopic (exact) mass is 406 g/mol. The molecule has 0 radical (unpaired) electrons. The molecule has 0 fully saturated rings. The number of methoxy groups -OCH3 is 2. The molecule has 7 nitrogen and oxygen atoms in total. The molecule has 1 amide bonds. The Morgan fingerprint density at radius 2 is 1.68 bits per heavy atom. The molecule has 0 heterocycles. The molecule has 0 aliphatic carbocycles. The summed E-state index contributed by atoms with van der Waals surface area (Å²) >= 11 is 0. The fraction of sp³-hybridized carbons (Fsp3) is 0.350. The van der Waals surface area contributed by atoms with Gasteiger partial charge in [-0.2, -0.15) is 0 Å². The molecule has 0 unspecified atom stereocenters. The van der Waals surface area contributed by atoms with Gasteiger partial charge < -0.3 is 14.8 Å². The number of carbonyl (C=O) groups is 1. The topological polar surface area (TPSA) is 84.9 Å². The zero-order chi connectivity index (χ0) is 20.9. The van der Waals surface area contributed by atoms with Crippen LogP contribution in [0.1, 0.15) is 35.8 Å². The van der Waals surface area contributed by atoms with Crippen LogP contribution >= 0.6 is 0 Å². The fourth-order valence-corrected chi connectivity index (χ4v) is 3.85. The van der Waals surface area contributed by atoms with Gasteiger partial charge in [0.25, 0.3) is 5.91 Å². The number of ether oxygens (including phenoxy) is 2. The predicted molar refractivity (Wildman–Crippen MR) is 110 cm³/mol. The van der Waals surface area contributed by atoms with Crippen LogP contribution in [0.3, 0.4) is 0 Å². The maximum Gasteiger partial charge on any atom is 0.251 e. The number of carbonyl (C=O) groups excluding carboxylic acids is 1. The second-order valence-electron chi connectivity index (χ2n) is 6.28. The third-order valence-electron chi connectivity index (χ3n) is 4.36. The van der Waals surface area contributed by atoms with Crippen LogP contribution in [0, 0.1) is 0 Å². The van der Waals surface area contributed by atoms with Gasteiger partial charge in [0.15, 0.2) is 11.5 Å². The van der Waals surface area contributed by atoms with Crippen LogP contribution in [-0.2, 0) is 10.0 Å². The molecule has 28 heavy (non-hydrogen) atoms. The van der Waals surface area contributed by atoms with Crippen LogP contribution in [0.2, 0.25) is 0 Å². The molecule has 152 valence electrons. The summed E-state index contributed by atoms with van der Waals surface area (Å²) in [5.41, 5.74) is 1.84. The van der Waals surface area contributed by atoms with Gasteiger partial charge in [0, 0.05) is 12.1 Å². The van der Waals surface area contributed by atoms with Crippen molar-refractivity contribution in [3.8, 4) is 11.5 Å². The second kappa shape index (κ2) is 8.97. The number of nitrogens with zero attached hydrogens (tertiary/aromatic N) is 1. The highest BCUT2D eigenvalue weighted by molar-refractivity contribution is 7.92. The largest absolute Gasteiger partial charge is 0.493 e. The second-order valence-corrected chi connectivity index (χ2v) is 8.19. The maximum atomic E-state index is 12.6. The molecular weight excluding hydrogens is 380 g/mol. The molecule has 0 bridgehead atoms. The zero-order valence-corrected chi connectivity index (χ0v) is 17.5. The number of rotatable bonds is 8. The normalized spacial score (nSPS) is 12.2. The van der Waals surface area contributed by atoms with Crippen molar-refractivity contribution < 1.29 is 22.7 Å². The highest BCUT2D eigenvalue weighted by atomic mass is 32.2. The van der Waals surface area contributed by atoms with Crippen molar-refractivity contribution in [1.29, 1.82) is 0 Å². The van der Waals surface area contributed by atoms with Gasteiger partial charge in [-0.3, -0.25) is 9.10 Å². The first-order chi connectivity index (χ1) is 13.2. The van der Waals surface area contributed by atoms with Crippen molar-refractivity contribution >= 4 is 21.6 Å². The molecule has 2 aromatic rings. The van der Waals surface area contributed by atoms with Crippen LogP contribution in [0.25, 0.3) is 0 Å². The Bertz CT molecular complexity index is 926. The Kier molecular flexibility index (Phi) is 6.90. The highest BCUT2D eigenvalue weighted by Gasteiger charge is 2.17. The number of nitrogens with one attached hydrogen (secondary N) is 1. The Morgan fingerprint density at radius 3 is 2.18 bits per heavy atom.